The molecule has 0 aromatic rings. The number of carbonyl (C=O) groups is 1. The molecule has 0 aliphatic carbocycles. The standard InChI is InChI=1S/C11H22N2O/c1-8(12)6-9(14)13-7-10(2,3)11(13,4)5/h8H,6-7,12H2,1-5H3. The van der Waals surface area contributed by atoms with Crippen LogP contribution in [0.2, 0.25) is 0 Å². The van der Waals surface area contributed by atoms with E-state index in [0.717, 1.165) is 6.54 Å². The maximum atomic E-state index is 11.8. The van der Waals surface area contributed by atoms with E-state index in [1.165, 1.54) is 0 Å². The van der Waals surface area contributed by atoms with Crippen LogP contribution in [0.15, 0.2) is 0 Å². The number of hydrogen-bond acceptors (Lipinski definition) is 2. The predicted octanol–water partition coefficient (Wildman–Crippen LogP) is 1.37. The maximum Gasteiger partial charge on any atom is 0.224 e. The quantitative estimate of drug-likeness (QED) is 0.728. The van der Waals surface area contributed by atoms with Gasteiger partial charge in [0.25, 0.3) is 0 Å². The molecule has 82 valence electrons. The lowest BCUT2D eigenvalue weighted by atomic mass is 9.65. The lowest BCUT2D eigenvalue weighted by Crippen LogP contribution is -2.70. The summed E-state index contributed by atoms with van der Waals surface area (Å²) in [5, 5.41) is 0. The first kappa shape index (κ1) is 11.5. The van der Waals surface area contributed by atoms with E-state index in [0.29, 0.717) is 6.42 Å². The van der Waals surface area contributed by atoms with E-state index >= 15 is 0 Å². The average Bonchev–Trinajstić information content (AvgIpc) is 1.98. The van der Waals surface area contributed by atoms with E-state index in [-0.39, 0.29) is 22.9 Å². The zero-order chi connectivity index (χ0) is 11.1. The van der Waals surface area contributed by atoms with E-state index in [1.54, 1.807) is 0 Å². The Morgan fingerprint density at radius 1 is 1.43 bits per heavy atom. The number of amides is 1. The van der Waals surface area contributed by atoms with E-state index in [1.807, 2.05) is 11.8 Å². The first-order chi connectivity index (χ1) is 6.18. The summed E-state index contributed by atoms with van der Waals surface area (Å²) in [7, 11) is 0. The molecule has 14 heavy (non-hydrogen) atoms. The van der Waals surface area contributed by atoms with Crippen LogP contribution in [0.3, 0.4) is 0 Å². The van der Waals surface area contributed by atoms with Gasteiger partial charge in [-0.3, -0.25) is 4.79 Å². The van der Waals surface area contributed by atoms with Crippen molar-refractivity contribution >= 4 is 5.91 Å². The minimum Gasteiger partial charge on any atom is -0.336 e. The molecule has 1 atom stereocenters. The Morgan fingerprint density at radius 2 is 1.93 bits per heavy atom. The summed E-state index contributed by atoms with van der Waals surface area (Å²) in [6.07, 6.45) is 0.458. The molecule has 2 N–H and O–H groups in total. The summed E-state index contributed by atoms with van der Waals surface area (Å²) in [6.45, 7) is 11.4. The average molecular weight is 198 g/mol. The van der Waals surface area contributed by atoms with Gasteiger partial charge in [0.2, 0.25) is 5.91 Å². The number of nitrogens with zero attached hydrogens (tertiary/aromatic N) is 1. The molecule has 1 unspecified atom stereocenters. The van der Waals surface area contributed by atoms with Crippen molar-refractivity contribution in [3.05, 3.63) is 0 Å². The van der Waals surface area contributed by atoms with Crippen molar-refractivity contribution in [3.63, 3.8) is 0 Å². The van der Waals surface area contributed by atoms with Crippen molar-refractivity contribution in [1.82, 2.24) is 4.90 Å². The SMILES string of the molecule is CC(N)CC(=O)N1CC(C)(C)C1(C)C. The van der Waals surface area contributed by atoms with E-state index in [2.05, 4.69) is 27.7 Å². The second-order valence-electron chi connectivity index (χ2n) is 5.60. The van der Waals surface area contributed by atoms with Crippen LogP contribution >= 0.6 is 0 Å². The van der Waals surface area contributed by atoms with Crippen LogP contribution in [-0.4, -0.2) is 28.9 Å². The van der Waals surface area contributed by atoms with Crippen molar-refractivity contribution in [2.75, 3.05) is 6.54 Å². The fourth-order valence-corrected chi connectivity index (χ4v) is 1.85. The van der Waals surface area contributed by atoms with Gasteiger partial charge >= 0.3 is 0 Å². The van der Waals surface area contributed by atoms with Gasteiger partial charge in [-0.25, -0.2) is 0 Å². The number of likely N-dealkylation sites (tertiary alicyclic amines) is 1. The largest absolute Gasteiger partial charge is 0.336 e. The Bertz CT molecular complexity index is 244. The molecule has 0 bridgehead atoms. The van der Waals surface area contributed by atoms with Crippen LogP contribution in [0.4, 0.5) is 0 Å². The fraction of sp³-hybridized carbons (Fsp3) is 0.909. The molecule has 0 spiro atoms. The van der Waals surface area contributed by atoms with Crippen molar-refractivity contribution in [1.29, 1.82) is 0 Å². The Balaban J connectivity index is 2.62. The number of nitrogens with two attached hydrogens (primary N) is 1. The van der Waals surface area contributed by atoms with Crippen LogP contribution < -0.4 is 5.73 Å². The number of hydrogen-bond donors (Lipinski definition) is 1. The zero-order valence-electron chi connectivity index (χ0n) is 9.92. The lowest BCUT2D eigenvalue weighted by Gasteiger charge is -2.61. The predicted molar refractivity (Wildman–Crippen MR) is 57.8 cm³/mol. The van der Waals surface area contributed by atoms with Gasteiger partial charge in [0.1, 0.15) is 0 Å². The van der Waals surface area contributed by atoms with Gasteiger partial charge in [-0.15, -0.1) is 0 Å². The van der Waals surface area contributed by atoms with E-state index in [9.17, 15) is 4.79 Å². The number of rotatable bonds is 2. The van der Waals surface area contributed by atoms with Gasteiger partial charge < -0.3 is 10.6 Å². The summed E-state index contributed by atoms with van der Waals surface area (Å²) in [6, 6.07) is -0.0398. The van der Waals surface area contributed by atoms with Gasteiger partial charge in [-0.2, -0.15) is 0 Å². The van der Waals surface area contributed by atoms with Gasteiger partial charge in [-0.1, -0.05) is 13.8 Å². The van der Waals surface area contributed by atoms with Crippen molar-refractivity contribution < 1.29 is 4.79 Å². The third kappa shape index (κ3) is 1.65. The molecule has 0 aromatic carbocycles. The van der Waals surface area contributed by atoms with Crippen molar-refractivity contribution in [2.24, 2.45) is 11.1 Å². The molecule has 1 rings (SSSR count). The van der Waals surface area contributed by atoms with Crippen molar-refractivity contribution in [3.8, 4) is 0 Å². The maximum absolute atomic E-state index is 11.8. The molecule has 1 saturated heterocycles. The molecule has 1 aliphatic heterocycles. The molecule has 0 radical (unpaired) electrons. The Morgan fingerprint density at radius 3 is 2.21 bits per heavy atom. The minimum absolute atomic E-state index is 0.0288. The third-order valence-corrected chi connectivity index (χ3v) is 3.68. The highest BCUT2D eigenvalue weighted by Gasteiger charge is 2.54. The molecule has 1 amide bonds. The minimum atomic E-state index is -0.0398. The molecule has 3 heteroatoms. The van der Waals surface area contributed by atoms with Crippen LogP contribution in [0.5, 0.6) is 0 Å². The number of carbonyl (C=O) groups excluding carboxylic acids is 1. The summed E-state index contributed by atoms with van der Waals surface area (Å²) in [5.74, 6) is 0.185. The van der Waals surface area contributed by atoms with Crippen LogP contribution in [0.25, 0.3) is 0 Å². The fourth-order valence-electron chi connectivity index (χ4n) is 1.85. The normalized spacial score (nSPS) is 25.4. The zero-order valence-corrected chi connectivity index (χ0v) is 9.92. The highest BCUT2D eigenvalue weighted by molar-refractivity contribution is 5.79. The molecular formula is C11H22N2O. The smallest absolute Gasteiger partial charge is 0.224 e. The van der Waals surface area contributed by atoms with E-state index in [4.69, 9.17) is 5.73 Å². The summed E-state index contributed by atoms with van der Waals surface area (Å²) in [5.41, 5.74) is 5.81. The Kier molecular flexibility index (Phi) is 2.65. The second kappa shape index (κ2) is 3.23. The lowest BCUT2D eigenvalue weighted by molar-refractivity contribution is -0.167. The summed E-state index contributed by atoms with van der Waals surface area (Å²) < 4.78 is 0. The van der Waals surface area contributed by atoms with Crippen LogP contribution in [0, 0.1) is 5.41 Å². The summed E-state index contributed by atoms with van der Waals surface area (Å²) >= 11 is 0. The second-order valence-corrected chi connectivity index (χ2v) is 5.60. The highest BCUT2D eigenvalue weighted by atomic mass is 16.2. The monoisotopic (exact) mass is 198 g/mol. The van der Waals surface area contributed by atoms with E-state index < -0.39 is 0 Å². The van der Waals surface area contributed by atoms with Gasteiger partial charge in [0, 0.05) is 30.0 Å². The first-order valence-corrected chi connectivity index (χ1v) is 5.24. The third-order valence-electron chi connectivity index (χ3n) is 3.68. The Hall–Kier alpha value is -0.570. The summed E-state index contributed by atoms with van der Waals surface area (Å²) in [4.78, 5) is 13.7. The highest BCUT2D eigenvalue weighted by Crippen LogP contribution is 2.46. The first-order valence-electron chi connectivity index (χ1n) is 5.24. The molecule has 3 nitrogen and oxygen atoms in total. The molecule has 0 saturated carbocycles. The molecule has 1 fully saturated rings. The van der Waals surface area contributed by atoms with Crippen molar-refractivity contribution in [2.45, 2.75) is 52.6 Å². The molecule has 0 aromatic heterocycles. The topological polar surface area (TPSA) is 46.3 Å². The molecule has 1 heterocycles. The van der Waals surface area contributed by atoms with Gasteiger partial charge in [0.05, 0.1) is 0 Å². The van der Waals surface area contributed by atoms with Gasteiger partial charge in [0.15, 0.2) is 0 Å². The Labute approximate surface area is 86.6 Å². The van der Waals surface area contributed by atoms with Crippen LogP contribution in [0.1, 0.15) is 41.0 Å². The van der Waals surface area contributed by atoms with Crippen LogP contribution in [-0.2, 0) is 4.79 Å². The molecule has 1 aliphatic rings. The van der Waals surface area contributed by atoms with Gasteiger partial charge in [-0.05, 0) is 20.8 Å². The molecular weight excluding hydrogens is 176 g/mol.